The van der Waals surface area contributed by atoms with Gasteiger partial charge in [0.25, 0.3) is 5.89 Å². The summed E-state index contributed by atoms with van der Waals surface area (Å²) in [5.74, 6) is 0.0671. The van der Waals surface area contributed by atoms with E-state index >= 15 is 0 Å². The number of halogens is 4. The van der Waals surface area contributed by atoms with Crippen LogP contribution < -0.4 is 16.0 Å². The van der Waals surface area contributed by atoms with Crippen LogP contribution in [0, 0.1) is 0 Å². The Bertz CT molecular complexity index is 1260. The number of hydrogen-bond donors (Lipinski definition) is 3. The van der Waals surface area contributed by atoms with Gasteiger partial charge in [-0.15, -0.1) is 11.3 Å². The number of alkyl halides is 4. The Hall–Kier alpha value is -2.58. The molecular weight excluding hydrogens is 510 g/mol. The van der Waals surface area contributed by atoms with Gasteiger partial charge in [-0.2, -0.15) is 18.2 Å². The number of ether oxygens (including phenoxy) is 1. The Balaban J connectivity index is 1.54. The topological polar surface area (TPSA) is 101 Å². The monoisotopic (exact) mass is 531 g/mol. The van der Waals surface area contributed by atoms with Gasteiger partial charge in [0.15, 0.2) is 0 Å². The molecule has 2 aliphatic heterocycles. The summed E-state index contributed by atoms with van der Waals surface area (Å²) in [4.78, 5) is 15.8. The molecule has 14 heteroatoms. The van der Waals surface area contributed by atoms with Crippen LogP contribution >= 0.6 is 23.1 Å². The van der Waals surface area contributed by atoms with Gasteiger partial charge in [-0.05, 0) is 38.1 Å². The van der Waals surface area contributed by atoms with Gasteiger partial charge < -0.3 is 25.2 Å². The Morgan fingerprint density at radius 3 is 2.83 bits per heavy atom. The number of anilines is 1. The van der Waals surface area contributed by atoms with Crippen molar-refractivity contribution in [2.45, 2.75) is 54.5 Å². The lowest BCUT2D eigenvalue weighted by Gasteiger charge is -2.38. The maximum absolute atomic E-state index is 14.6. The fourth-order valence-corrected chi connectivity index (χ4v) is 6.23. The molecule has 8 nitrogen and oxygen atoms in total. The first-order valence-electron chi connectivity index (χ1n) is 10.7. The Morgan fingerprint density at radius 1 is 1.31 bits per heavy atom. The predicted molar refractivity (Wildman–Crippen MR) is 123 cm³/mol. The zero-order valence-electron chi connectivity index (χ0n) is 18.5. The van der Waals surface area contributed by atoms with Crippen LogP contribution in [0.2, 0.25) is 0 Å². The van der Waals surface area contributed by atoms with Crippen molar-refractivity contribution in [3.05, 3.63) is 24.1 Å². The summed E-state index contributed by atoms with van der Waals surface area (Å²) in [7, 11) is 0. The second-order valence-electron chi connectivity index (χ2n) is 8.90. The minimum Gasteiger partial charge on any atom is -0.378 e. The predicted octanol–water partition coefficient (Wildman–Crippen LogP) is 5.23. The van der Waals surface area contributed by atoms with Crippen LogP contribution in [-0.2, 0) is 4.74 Å². The van der Waals surface area contributed by atoms with Crippen molar-refractivity contribution in [2.24, 2.45) is 0 Å². The van der Waals surface area contributed by atoms with E-state index in [1.165, 1.54) is 0 Å². The second kappa shape index (κ2) is 8.82. The van der Waals surface area contributed by atoms with Crippen molar-refractivity contribution in [2.75, 3.05) is 18.5 Å². The third kappa shape index (κ3) is 5.05. The highest BCUT2D eigenvalue weighted by molar-refractivity contribution is 8.00. The summed E-state index contributed by atoms with van der Waals surface area (Å²) >= 11 is 0.806. The van der Waals surface area contributed by atoms with E-state index in [0.29, 0.717) is 22.2 Å². The van der Waals surface area contributed by atoms with Gasteiger partial charge in [0.2, 0.25) is 5.82 Å². The largest absolute Gasteiger partial charge is 0.446 e. The molecule has 3 N–H and O–H groups in total. The third-order valence-electron chi connectivity index (χ3n) is 5.73. The van der Waals surface area contributed by atoms with E-state index in [-0.39, 0.29) is 46.4 Å². The lowest BCUT2D eigenvalue weighted by atomic mass is 9.92. The van der Waals surface area contributed by atoms with E-state index in [9.17, 15) is 22.4 Å². The van der Waals surface area contributed by atoms with Crippen molar-refractivity contribution in [3.8, 4) is 10.7 Å². The Kier molecular flexibility index (Phi) is 6.08. The molecule has 0 radical (unpaired) electrons. The molecule has 35 heavy (non-hydrogen) atoms. The lowest BCUT2D eigenvalue weighted by Crippen LogP contribution is -2.47. The number of amides is 2. The molecule has 0 bridgehead atoms. The van der Waals surface area contributed by atoms with Crippen LogP contribution in [0.1, 0.15) is 32.2 Å². The highest BCUT2D eigenvalue weighted by Gasteiger charge is 2.38. The fourth-order valence-electron chi connectivity index (χ4n) is 4.13. The Labute approximate surface area is 205 Å². The maximum atomic E-state index is 14.6. The quantitative estimate of drug-likeness (QED) is 0.306. The van der Waals surface area contributed by atoms with E-state index in [4.69, 9.17) is 9.26 Å². The molecule has 3 aromatic rings. The highest BCUT2D eigenvalue weighted by Crippen LogP contribution is 2.51. The number of nitrogens with one attached hydrogen (secondary N) is 3. The number of rotatable bonds is 5. The molecule has 1 aromatic carbocycles. The van der Waals surface area contributed by atoms with E-state index in [2.05, 4.69) is 26.1 Å². The first-order chi connectivity index (χ1) is 16.5. The van der Waals surface area contributed by atoms with E-state index in [0.717, 1.165) is 11.3 Å². The molecule has 0 aliphatic carbocycles. The molecule has 0 unspecified atom stereocenters. The van der Waals surface area contributed by atoms with Crippen LogP contribution in [0.5, 0.6) is 0 Å². The molecule has 2 aromatic heterocycles. The molecule has 2 fully saturated rings. The SMILES string of the molecule is CC1(C)C[C@H](Nc2cccc3c(SC(F)(F)F)c(-c4noc([C@H]5CNC(=O)N5)n4)sc23)[C@H](F)CO1. The first-order valence-corrected chi connectivity index (χ1v) is 12.4. The maximum Gasteiger partial charge on any atom is 0.446 e. The van der Waals surface area contributed by atoms with Gasteiger partial charge in [-0.3, -0.25) is 0 Å². The van der Waals surface area contributed by atoms with Crippen LogP contribution in [0.15, 0.2) is 27.6 Å². The van der Waals surface area contributed by atoms with Crippen LogP contribution in [-0.4, -0.2) is 52.6 Å². The Morgan fingerprint density at radius 2 is 2.11 bits per heavy atom. The lowest BCUT2D eigenvalue weighted by molar-refractivity contribution is -0.0880. The number of urea groups is 1. The molecule has 2 aliphatic rings. The van der Waals surface area contributed by atoms with Crippen LogP contribution in [0.3, 0.4) is 0 Å². The minimum atomic E-state index is -4.56. The second-order valence-corrected chi connectivity index (χ2v) is 11.0. The number of carbonyl (C=O) groups excluding carboxylic acids is 1. The minimum absolute atomic E-state index is 0.0179. The molecule has 188 valence electrons. The molecular formula is C21H21F4N5O3S2. The number of benzene rings is 1. The van der Waals surface area contributed by atoms with Gasteiger partial charge in [0.1, 0.15) is 12.2 Å². The third-order valence-corrected chi connectivity index (χ3v) is 7.95. The molecule has 2 amide bonds. The number of carbonyl (C=O) groups is 1. The average Bonchev–Trinajstić information content (AvgIpc) is 3.49. The van der Waals surface area contributed by atoms with Crippen LogP contribution in [0.4, 0.5) is 28.0 Å². The zero-order chi connectivity index (χ0) is 25.0. The van der Waals surface area contributed by atoms with Crippen molar-refractivity contribution in [1.29, 1.82) is 0 Å². The van der Waals surface area contributed by atoms with Gasteiger partial charge >= 0.3 is 11.5 Å². The molecule has 0 saturated carbocycles. The number of thioether (sulfide) groups is 1. The van der Waals surface area contributed by atoms with Crippen molar-refractivity contribution in [3.63, 3.8) is 0 Å². The molecule has 5 rings (SSSR count). The number of aromatic nitrogens is 2. The molecule has 0 spiro atoms. The molecule has 3 atom stereocenters. The molecule has 2 saturated heterocycles. The van der Waals surface area contributed by atoms with Crippen LogP contribution in [0.25, 0.3) is 20.8 Å². The van der Waals surface area contributed by atoms with E-state index < -0.39 is 35.4 Å². The highest BCUT2D eigenvalue weighted by atomic mass is 32.2. The van der Waals surface area contributed by atoms with Gasteiger partial charge in [-0.1, -0.05) is 17.3 Å². The van der Waals surface area contributed by atoms with E-state index in [1.807, 2.05) is 13.8 Å². The number of hydrogen-bond acceptors (Lipinski definition) is 8. The summed E-state index contributed by atoms with van der Waals surface area (Å²) in [5, 5.41) is 12.6. The first kappa shape index (κ1) is 24.1. The van der Waals surface area contributed by atoms with Crippen molar-refractivity contribution < 1.29 is 31.6 Å². The average molecular weight is 532 g/mol. The smallest absolute Gasteiger partial charge is 0.378 e. The van der Waals surface area contributed by atoms with Gasteiger partial charge in [0.05, 0.1) is 33.5 Å². The number of nitrogens with zero attached hydrogens (tertiary/aromatic N) is 2. The number of thiophene rings is 1. The molecule has 4 heterocycles. The summed E-state index contributed by atoms with van der Waals surface area (Å²) < 4.78 is 66.5. The summed E-state index contributed by atoms with van der Waals surface area (Å²) in [6.07, 6.45) is -0.876. The summed E-state index contributed by atoms with van der Waals surface area (Å²) in [6.45, 7) is 3.89. The summed E-state index contributed by atoms with van der Waals surface area (Å²) in [5.41, 5.74) is -4.57. The standard InChI is InChI=1S/C21H21F4N5O3S2/c1-20(2)6-12(10(22)8-32-20)27-11-5-3-4-9-14(11)34-16(15(9)35-21(23,24)25)17-29-18(33-30-17)13-7-26-19(31)28-13/h3-5,10,12-13,27H,6-8H2,1-2H3,(H2,26,28,31)/t10-,12+,13-/m1/s1. The summed E-state index contributed by atoms with van der Waals surface area (Å²) in [6, 6.07) is 3.37. The fraction of sp³-hybridized carbons (Fsp3) is 0.476. The normalized spacial score (nSPS) is 24.4. The van der Waals surface area contributed by atoms with Crippen molar-refractivity contribution >= 4 is 44.9 Å². The van der Waals surface area contributed by atoms with Gasteiger partial charge in [0, 0.05) is 16.8 Å². The van der Waals surface area contributed by atoms with E-state index in [1.54, 1.807) is 18.2 Å². The zero-order valence-corrected chi connectivity index (χ0v) is 20.2. The van der Waals surface area contributed by atoms with Gasteiger partial charge in [-0.25, -0.2) is 9.18 Å². The van der Waals surface area contributed by atoms with Crippen molar-refractivity contribution in [1.82, 2.24) is 20.8 Å². The number of fused-ring (bicyclic) bond motifs is 1.